The average molecular weight is 328 g/mol. The monoisotopic (exact) mass is 327 g/mol. The topological polar surface area (TPSA) is 30.5 Å². The highest BCUT2D eigenvalue weighted by atomic mass is 79.9. The molecule has 1 aliphatic carbocycles. The van der Waals surface area contributed by atoms with Crippen LogP contribution in [0.15, 0.2) is 16.6 Å². The average Bonchev–Trinajstić information content (AvgIpc) is 2.34. The van der Waals surface area contributed by atoms with Crippen molar-refractivity contribution in [2.75, 3.05) is 14.2 Å². The molecule has 0 aliphatic heterocycles. The lowest BCUT2D eigenvalue weighted by Crippen LogP contribution is -2.36. The van der Waals surface area contributed by atoms with Crippen LogP contribution in [0.1, 0.15) is 31.7 Å². The van der Waals surface area contributed by atoms with E-state index in [0.29, 0.717) is 6.04 Å². The smallest absolute Gasteiger partial charge is 0.161 e. The number of methoxy groups -OCH3 is 2. The Labute approximate surface area is 123 Å². The summed E-state index contributed by atoms with van der Waals surface area (Å²) < 4.78 is 11.7. The predicted octanol–water partition coefficient (Wildman–Crippen LogP) is 3.74. The van der Waals surface area contributed by atoms with Gasteiger partial charge in [0, 0.05) is 17.1 Å². The lowest BCUT2D eigenvalue weighted by Gasteiger charge is -2.32. The second kappa shape index (κ2) is 6.62. The van der Waals surface area contributed by atoms with Crippen LogP contribution < -0.4 is 14.8 Å². The number of halogens is 1. The molecule has 19 heavy (non-hydrogen) atoms. The fourth-order valence-corrected chi connectivity index (χ4v) is 2.87. The van der Waals surface area contributed by atoms with Gasteiger partial charge in [0.1, 0.15) is 0 Å². The molecule has 1 aromatic rings. The Hall–Kier alpha value is -0.740. The molecular formula is C15H22BrNO2. The van der Waals surface area contributed by atoms with Crippen LogP contribution in [0, 0.1) is 5.92 Å². The van der Waals surface area contributed by atoms with Gasteiger partial charge in [-0.3, -0.25) is 0 Å². The van der Waals surface area contributed by atoms with E-state index in [9.17, 15) is 0 Å². The second-order valence-electron chi connectivity index (χ2n) is 5.16. The first kappa shape index (κ1) is 14.7. The molecule has 0 spiro atoms. The molecule has 1 aromatic carbocycles. The minimum absolute atomic E-state index is 0.578. The molecule has 2 rings (SSSR count). The minimum Gasteiger partial charge on any atom is -0.493 e. The van der Waals surface area contributed by atoms with Crippen LogP contribution in [0.5, 0.6) is 11.5 Å². The Kier molecular flexibility index (Phi) is 5.11. The van der Waals surface area contributed by atoms with Crippen molar-refractivity contribution in [3.63, 3.8) is 0 Å². The van der Waals surface area contributed by atoms with Gasteiger partial charge in [-0.1, -0.05) is 22.4 Å². The summed E-state index contributed by atoms with van der Waals surface area (Å²) in [5.41, 5.74) is 1.20. The first-order chi connectivity index (χ1) is 9.15. The van der Waals surface area contributed by atoms with Gasteiger partial charge < -0.3 is 14.8 Å². The molecule has 0 saturated heterocycles. The molecule has 106 valence electrons. The number of benzene rings is 1. The molecular weight excluding hydrogens is 306 g/mol. The van der Waals surface area contributed by atoms with Gasteiger partial charge in [-0.15, -0.1) is 0 Å². The maximum atomic E-state index is 5.34. The van der Waals surface area contributed by atoms with Crippen molar-refractivity contribution in [2.24, 2.45) is 5.92 Å². The molecule has 1 aliphatic rings. The van der Waals surface area contributed by atoms with Crippen molar-refractivity contribution < 1.29 is 9.47 Å². The molecule has 1 fully saturated rings. The van der Waals surface area contributed by atoms with E-state index >= 15 is 0 Å². The first-order valence-electron chi connectivity index (χ1n) is 6.79. The van der Waals surface area contributed by atoms with Crippen molar-refractivity contribution >= 4 is 15.9 Å². The van der Waals surface area contributed by atoms with Crippen LogP contribution in [-0.2, 0) is 6.54 Å². The first-order valence-corrected chi connectivity index (χ1v) is 7.58. The predicted molar refractivity (Wildman–Crippen MR) is 80.9 cm³/mol. The van der Waals surface area contributed by atoms with Gasteiger partial charge in [-0.05, 0) is 43.4 Å². The Balaban J connectivity index is 2.02. The maximum Gasteiger partial charge on any atom is 0.161 e. The standard InChI is InChI=1S/C15H22BrNO2/c1-10(11-5-4-6-11)17-9-12-7-14(18-2)15(19-3)8-13(12)16/h7-8,10-11,17H,4-6,9H2,1-3H3. The molecule has 0 amide bonds. The van der Waals surface area contributed by atoms with Crippen LogP contribution in [-0.4, -0.2) is 20.3 Å². The molecule has 0 aromatic heterocycles. The zero-order valence-corrected chi connectivity index (χ0v) is 13.4. The van der Waals surface area contributed by atoms with E-state index < -0.39 is 0 Å². The Morgan fingerprint density at radius 1 is 1.26 bits per heavy atom. The van der Waals surface area contributed by atoms with Crippen LogP contribution in [0.4, 0.5) is 0 Å². The second-order valence-corrected chi connectivity index (χ2v) is 6.01. The lowest BCUT2D eigenvalue weighted by molar-refractivity contribution is 0.240. The van der Waals surface area contributed by atoms with Gasteiger partial charge in [0.25, 0.3) is 0 Å². The molecule has 0 heterocycles. The third kappa shape index (κ3) is 3.42. The molecule has 1 atom stereocenters. The number of nitrogens with one attached hydrogen (secondary N) is 1. The lowest BCUT2D eigenvalue weighted by atomic mass is 9.80. The highest BCUT2D eigenvalue weighted by Gasteiger charge is 2.23. The number of ether oxygens (including phenoxy) is 2. The molecule has 1 unspecified atom stereocenters. The van der Waals surface area contributed by atoms with Gasteiger partial charge in [0.2, 0.25) is 0 Å². The van der Waals surface area contributed by atoms with Gasteiger partial charge in [-0.2, -0.15) is 0 Å². The molecule has 4 heteroatoms. The normalized spacial score (nSPS) is 16.8. The molecule has 0 radical (unpaired) electrons. The van der Waals surface area contributed by atoms with Crippen molar-refractivity contribution in [3.05, 3.63) is 22.2 Å². The summed E-state index contributed by atoms with van der Waals surface area (Å²) in [6.07, 6.45) is 4.11. The largest absolute Gasteiger partial charge is 0.493 e. The van der Waals surface area contributed by atoms with E-state index in [1.165, 1.54) is 24.8 Å². The Bertz CT molecular complexity index is 432. The van der Waals surface area contributed by atoms with E-state index in [0.717, 1.165) is 28.4 Å². The summed E-state index contributed by atoms with van der Waals surface area (Å²) >= 11 is 3.59. The summed E-state index contributed by atoms with van der Waals surface area (Å²) in [5, 5.41) is 3.60. The molecule has 1 N–H and O–H groups in total. The van der Waals surface area contributed by atoms with Crippen LogP contribution in [0.3, 0.4) is 0 Å². The Morgan fingerprint density at radius 3 is 2.42 bits per heavy atom. The molecule has 3 nitrogen and oxygen atoms in total. The summed E-state index contributed by atoms with van der Waals surface area (Å²) in [5.74, 6) is 2.38. The van der Waals surface area contributed by atoms with E-state index in [-0.39, 0.29) is 0 Å². The van der Waals surface area contributed by atoms with Crippen LogP contribution in [0.2, 0.25) is 0 Å². The number of hydrogen-bond acceptors (Lipinski definition) is 3. The van der Waals surface area contributed by atoms with E-state index in [1.54, 1.807) is 14.2 Å². The number of rotatable bonds is 6. The number of hydrogen-bond donors (Lipinski definition) is 1. The summed E-state index contributed by atoms with van der Waals surface area (Å²) in [7, 11) is 3.32. The van der Waals surface area contributed by atoms with Gasteiger partial charge in [0.05, 0.1) is 14.2 Å². The minimum atomic E-state index is 0.578. The fraction of sp³-hybridized carbons (Fsp3) is 0.600. The third-order valence-corrected chi connectivity index (χ3v) is 4.76. The SMILES string of the molecule is COc1cc(Br)c(CNC(C)C2CCC2)cc1OC. The van der Waals surface area contributed by atoms with Gasteiger partial charge in [-0.25, -0.2) is 0 Å². The zero-order valence-electron chi connectivity index (χ0n) is 11.8. The molecule has 0 bridgehead atoms. The van der Waals surface area contributed by atoms with Gasteiger partial charge >= 0.3 is 0 Å². The third-order valence-electron chi connectivity index (χ3n) is 4.02. The fourth-order valence-electron chi connectivity index (χ4n) is 2.41. The van der Waals surface area contributed by atoms with E-state index in [4.69, 9.17) is 9.47 Å². The van der Waals surface area contributed by atoms with E-state index in [2.05, 4.69) is 28.2 Å². The Morgan fingerprint density at radius 2 is 1.89 bits per heavy atom. The van der Waals surface area contributed by atoms with Crippen molar-refractivity contribution in [3.8, 4) is 11.5 Å². The highest BCUT2D eigenvalue weighted by molar-refractivity contribution is 9.10. The summed E-state index contributed by atoms with van der Waals surface area (Å²) in [6.45, 7) is 3.12. The summed E-state index contributed by atoms with van der Waals surface area (Å²) in [6, 6.07) is 4.57. The molecule has 1 saturated carbocycles. The summed E-state index contributed by atoms with van der Waals surface area (Å²) in [4.78, 5) is 0. The van der Waals surface area contributed by atoms with Crippen LogP contribution >= 0.6 is 15.9 Å². The maximum absolute atomic E-state index is 5.34. The van der Waals surface area contributed by atoms with E-state index in [1.807, 2.05) is 12.1 Å². The van der Waals surface area contributed by atoms with Crippen molar-refractivity contribution in [1.82, 2.24) is 5.32 Å². The zero-order chi connectivity index (χ0) is 13.8. The van der Waals surface area contributed by atoms with Crippen LogP contribution in [0.25, 0.3) is 0 Å². The van der Waals surface area contributed by atoms with Crippen molar-refractivity contribution in [2.45, 2.75) is 38.8 Å². The quantitative estimate of drug-likeness (QED) is 0.863. The van der Waals surface area contributed by atoms with Crippen molar-refractivity contribution in [1.29, 1.82) is 0 Å². The van der Waals surface area contributed by atoms with Gasteiger partial charge in [0.15, 0.2) is 11.5 Å². The highest BCUT2D eigenvalue weighted by Crippen LogP contribution is 2.34.